The molecule has 78 valence electrons. The highest BCUT2D eigenvalue weighted by molar-refractivity contribution is 5.94. The molecule has 0 aliphatic rings. The van der Waals surface area contributed by atoms with Crippen LogP contribution in [0.5, 0.6) is 0 Å². The number of aromatic amines is 1. The predicted octanol–water partition coefficient (Wildman–Crippen LogP) is 0.702. The first kappa shape index (κ1) is 10.7. The fourth-order valence-electron chi connectivity index (χ4n) is 1.00. The second-order valence-corrected chi connectivity index (χ2v) is 3.33. The molecule has 14 heavy (non-hydrogen) atoms. The Morgan fingerprint density at radius 2 is 2.29 bits per heavy atom. The minimum Gasteiger partial charge on any atom is -0.320 e. The third kappa shape index (κ3) is 2.11. The average Bonchev–Trinajstić information content (AvgIpc) is 2.48. The molecule has 1 aromatic heterocycles. The highest BCUT2D eigenvalue weighted by atomic mass is 16.2. The van der Waals surface area contributed by atoms with Crippen LogP contribution in [0.1, 0.15) is 24.6 Å². The van der Waals surface area contributed by atoms with E-state index in [-0.39, 0.29) is 5.91 Å². The number of nitrogens with one attached hydrogen (secondary N) is 2. The van der Waals surface area contributed by atoms with Gasteiger partial charge in [-0.1, -0.05) is 6.92 Å². The lowest BCUT2D eigenvalue weighted by Gasteiger charge is -2.08. The van der Waals surface area contributed by atoms with Crippen molar-refractivity contribution in [1.82, 2.24) is 10.2 Å². The van der Waals surface area contributed by atoms with E-state index in [0.29, 0.717) is 12.2 Å². The Hall–Kier alpha value is -1.36. The molecule has 0 aromatic carbocycles. The summed E-state index contributed by atoms with van der Waals surface area (Å²) in [6.45, 7) is 5.66. The van der Waals surface area contributed by atoms with Crippen molar-refractivity contribution in [2.45, 2.75) is 33.2 Å². The van der Waals surface area contributed by atoms with Crippen molar-refractivity contribution in [3.63, 3.8) is 0 Å². The Balaban J connectivity index is 2.70. The van der Waals surface area contributed by atoms with Crippen LogP contribution in [0.2, 0.25) is 0 Å². The van der Waals surface area contributed by atoms with Crippen molar-refractivity contribution < 1.29 is 4.79 Å². The second-order valence-electron chi connectivity index (χ2n) is 3.33. The molecule has 5 nitrogen and oxygen atoms in total. The summed E-state index contributed by atoms with van der Waals surface area (Å²) in [4.78, 5) is 11.4. The maximum absolute atomic E-state index is 11.4. The summed E-state index contributed by atoms with van der Waals surface area (Å²) in [7, 11) is 0. The van der Waals surface area contributed by atoms with Crippen molar-refractivity contribution >= 4 is 11.7 Å². The molecule has 0 aliphatic heterocycles. The molecule has 1 aromatic rings. The van der Waals surface area contributed by atoms with Gasteiger partial charge in [-0.15, -0.1) is 0 Å². The monoisotopic (exact) mass is 196 g/mol. The summed E-state index contributed by atoms with van der Waals surface area (Å²) in [5.74, 6) is 0.374. The first-order valence-corrected chi connectivity index (χ1v) is 4.64. The summed E-state index contributed by atoms with van der Waals surface area (Å²) in [5.41, 5.74) is 7.47. The molecule has 1 amide bonds. The van der Waals surface area contributed by atoms with Gasteiger partial charge in [-0.2, -0.15) is 5.10 Å². The van der Waals surface area contributed by atoms with Crippen molar-refractivity contribution in [3.05, 3.63) is 11.3 Å². The number of hydrogen-bond acceptors (Lipinski definition) is 3. The van der Waals surface area contributed by atoms with Gasteiger partial charge in [0.15, 0.2) is 5.82 Å². The molecule has 1 atom stereocenters. The van der Waals surface area contributed by atoms with Crippen LogP contribution >= 0.6 is 0 Å². The first-order chi connectivity index (χ1) is 6.56. The number of amides is 1. The number of anilines is 1. The van der Waals surface area contributed by atoms with Gasteiger partial charge < -0.3 is 11.1 Å². The molecule has 1 heterocycles. The van der Waals surface area contributed by atoms with Crippen molar-refractivity contribution in [1.29, 1.82) is 0 Å². The van der Waals surface area contributed by atoms with E-state index >= 15 is 0 Å². The zero-order chi connectivity index (χ0) is 10.7. The molecular formula is C9H16N4O. The number of hydrogen-bond donors (Lipinski definition) is 3. The zero-order valence-corrected chi connectivity index (χ0v) is 8.72. The van der Waals surface area contributed by atoms with E-state index in [4.69, 9.17) is 5.73 Å². The lowest BCUT2D eigenvalue weighted by atomic mass is 10.2. The molecule has 0 radical (unpaired) electrons. The number of carbonyl (C=O) groups excluding carboxylic acids is 1. The fourth-order valence-corrected chi connectivity index (χ4v) is 1.00. The van der Waals surface area contributed by atoms with E-state index < -0.39 is 6.04 Å². The Labute approximate surface area is 83.1 Å². The molecule has 0 unspecified atom stereocenters. The minimum absolute atomic E-state index is 0.192. The largest absolute Gasteiger partial charge is 0.320 e. The van der Waals surface area contributed by atoms with Crippen LogP contribution in [0.3, 0.4) is 0 Å². The standard InChI is InChI=1S/C9H16N4O/c1-4-7(10)9(14)11-8-5(2)6(3)12-13-8/h7H,4,10H2,1-3H3,(H2,11,12,13,14)/t7-/m0/s1. The number of aromatic nitrogens is 2. The van der Waals surface area contributed by atoms with Gasteiger partial charge in [-0.05, 0) is 20.3 Å². The molecule has 0 saturated carbocycles. The molecule has 5 heteroatoms. The van der Waals surface area contributed by atoms with E-state index in [0.717, 1.165) is 11.3 Å². The molecule has 0 bridgehead atoms. The Kier molecular flexibility index (Phi) is 3.24. The summed E-state index contributed by atoms with van der Waals surface area (Å²) < 4.78 is 0. The molecule has 0 spiro atoms. The first-order valence-electron chi connectivity index (χ1n) is 4.64. The Bertz CT molecular complexity index is 332. The van der Waals surface area contributed by atoms with Gasteiger partial charge in [-0.25, -0.2) is 0 Å². The third-order valence-electron chi connectivity index (χ3n) is 2.27. The Morgan fingerprint density at radius 1 is 1.64 bits per heavy atom. The van der Waals surface area contributed by atoms with Gasteiger partial charge in [0.05, 0.1) is 6.04 Å². The van der Waals surface area contributed by atoms with Crippen LogP contribution in [-0.2, 0) is 4.79 Å². The SMILES string of the molecule is CC[C@H](N)C(=O)Nc1n[nH]c(C)c1C. The van der Waals surface area contributed by atoms with Gasteiger partial charge in [0.25, 0.3) is 0 Å². The van der Waals surface area contributed by atoms with Crippen LogP contribution in [-0.4, -0.2) is 22.1 Å². The lowest BCUT2D eigenvalue weighted by molar-refractivity contribution is -0.117. The number of nitrogens with zero attached hydrogens (tertiary/aromatic N) is 1. The van der Waals surface area contributed by atoms with E-state index in [9.17, 15) is 4.79 Å². The summed E-state index contributed by atoms with van der Waals surface area (Å²) >= 11 is 0. The maximum atomic E-state index is 11.4. The van der Waals surface area contributed by atoms with Gasteiger partial charge in [0.2, 0.25) is 5.91 Å². The van der Waals surface area contributed by atoms with Gasteiger partial charge in [0, 0.05) is 11.3 Å². The topological polar surface area (TPSA) is 83.8 Å². The molecule has 4 N–H and O–H groups in total. The van der Waals surface area contributed by atoms with E-state index in [1.807, 2.05) is 20.8 Å². The zero-order valence-electron chi connectivity index (χ0n) is 8.72. The summed E-state index contributed by atoms with van der Waals surface area (Å²) in [6.07, 6.45) is 0.619. The van der Waals surface area contributed by atoms with Gasteiger partial charge >= 0.3 is 0 Å². The minimum atomic E-state index is -0.466. The van der Waals surface area contributed by atoms with E-state index in [1.54, 1.807) is 0 Å². The average molecular weight is 196 g/mol. The number of rotatable bonds is 3. The van der Waals surface area contributed by atoms with Crippen molar-refractivity contribution in [2.75, 3.05) is 5.32 Å². The predicted molar refractivity (Wildman–Crippen MR) is 55.0 cm³/mol. The Morgan fingerprint density at radius 3 is 2.71 bits per heavy atom. The molecule has 0 saturated heterocycles. The smallest absolute Gasteiger partial charge is 0.242 e. The van der Waals surface area contributed by atoms with Crippen LogP contribution in [0.4, 0.5) is 5.82 Å². The van der Waals surface area contributed by atoms with E-state index in [2.05, 4.69) is 15.5 Å². The second kappa shape index (κ2) is 4.23. The van der Waals surface area contributed by atoms with Crippen LogP contribution in [0, 0.1) is 13.8 Å². The molecular weight excluding hydrogens is 180 g/mol. The maximum Gasteiger partial charge on any atom is 0.242 e. The van der Waals surface area contributed by atoms with Crippen LogP contribution in [0.25, 0.3) is 0 Å². The highest BCUT2D eigenvalue weighted by Crippen LogP contribution is 2.13. The summed E-state index contributed by atoms with van der Waals surface area (Å²) in [6, 6.07) is -0.466. The van der Waals surface area contributed by atoms with Crippen LogP contribution < -0.4 is 11.1 Å². The summed E-state index contributed by atoms with van der Waals surface area (Å²) in [5, 5.41) is 9.43. The van der Waals surface area contributed by atoms with Gasteiger partial charge in [0.1, 0.15) is 0 Å². The molecule has 0 aliphatic carbocycles. The number of aryl methyl sites for hydroxylation is 1. The molecule has 0 fully saturated rings. The third-order valence-corrected chi connectivity index (χ3v) is 2.27. The highest BCUT2D eigenvalue weighted by Gasteiger charge is 2.14. The van der Waals surface area contributed by atoms with Gasteiger partial charge in [-0.3, -0.25) is 9.89 Å². The van der Waals surface area contributed by atoms with E-state index in [1.165, 1.54) is 0 Å². The molecule has 1 rings (SSSR count). The number of H-pyrrole nitrogens is 1. The fraction of sp³-hybridized carbons (Fsp3) is 0.556. The number of nitrogens with two attached hydrogens (primary N) is 1. The van der Waals surface area contributed by atoms with Crippen molar-refractivity contribution in [3.8, 4) is 0 Å². The van der Waals surface area contributed by atoms with Crippen molar-refractivity contribution in [2.24, 2.45) is 5.73 Å². The van der Waals surface area contributed by atoms with Crippen LogP contribution in [0.15, 0.2) is 0 Å². The number of carbonyl (C=O) groups is 1. The quantitative estimate of drug-likeness (QED) is 0.665. The lowest BCUT2D eigenvalue weighted by Crippen LogP contribution is -2.35. The normalized spacial score (nSPS) is 12.6.